The number of thiazole rings is 1. The third-order valence-electron chi connectivity index (χ3n) is 2.75. The van der Waals surface area contributed by atoms with Crippen LogP contribution in [0.25, 0.3) is 0 Å². The van der Waals surface area contributed by atoms with Gasteiger partial charge in [0.25, 0.3) is 0 Å². The molecule has 3 nitrogen and oxygen atoms in total. The molecule has 0 saturated heterocycles. The maximum atomic E-state index is 4.72. The predicted octanol–water partition coefficient (Wildman–Crippen LogP) is 4.77. The molecule has 5 heteroatoms. The number of pyridine rings is 1. The molecule has 2 aromatic heterocycles. The first-order valence-corrected chi connectivity index (χ1v) is 7.86. The van der Waals surface area contributed by atoms with Crippen LogP contribution in [0.15, 0.2) is 28.3 Å². The molecule has 1 unspecified atom stereocenters. The highest BCUT2D eigenvalue weighted by Crippen LogP contribution is 2.28. The van der Waals surface area contributed by atoms with Crippen molar-refractivity contribution in [2.75, 3.05) is 5.32 Å². The van der Waals surface area contributed by atoms with Crippen LogP contribution in [0.1, 0.15) is 44.4 Å². The quantitative estimate of drug-likeness (QED) is 0.874. The van der Waals surface area contributed by atoms with Gasteiger partial charge in [0, 0.05) is 21.5 Å². The van der Waals surface area contributed by atoms with E-state index in [1.165, 1.54) is 0 Å². The smallest absolute Gasteiger partial charge is 0.115 e. The molecule has 102 valence electrons. The zero-order valence-corrected chi connectivity index (χ0v) is 14.0. The van der Waals surface area contributed by atoms with Crippen molar-refractivity contribution >= 4 is 33.0 Å². The molecular weight excluding hydrogens is 322 g/mol. The standard InChI is InChI=1S/C14H18BrN3S/c1-9(17-11-5-10(15)6-16-7-11)13-18-12(8-19-13)14(2,3)4/h5-9,17H,1-4H3. The van der Waals surface area contributed by atoms with Gasteiger partial charge in [-0.25, -0.2) is 4.98 Å². The van der Waals surface area contributed by atoms with Crippen molar-refractivity contribution in [1.29, 1.82) is 0 Å². The van der Waals surface area contributed by atoms with Crippen molar-refractivity contribution in [3.05, 3.63) is 39.0 Å². The molecule has 0 aliphatic rings. The van der Waals surface area contributed by atoms with Crippen molar-refractivity contribution < 1.29 is 0 Å². The lowest BCUT2D eigenvalue weighted by Gasteiger charge is -2.15. The fraction of sp³-hybridized carbons (Fsp3) is 0.429. The van der Waals surface area contributed by atoms with Gasteiger partial charge in [-0.1, -0.05) is 20.8 Å². The first kappa shape index (κ1) is 14.5. The molecule has 1 N–H and O–H groups in total. The summed E-state index contributed by atoms with van der Waals surface area (Å²) in [5.41, 5.74) is 2.24. The monoisotopic (exact) mass is 339 g/mol. The minimum Gasteiger partial charge on any atom is -0.375 e. The van der Waals surface area contributed by atoms with Crippen LogP contribution in [0.3, 0.4) is 0 Å². The van der Waals surface area contributed by atoms with E-state index in [0.29, 0.717) is 0 Å². The van der Waals surface area contributed by atoms with Crippen LogP contribution in [-0.2, 0) is 5.41 Å². The Balaban J connectivity index is 2.12. The number of hydrogen-bond acceptors (Lipinski definition) is 4. The molecule has 19 heavy (non-hydrogen) atoms. The third kappa shape index (κ3) is 3.76. The van der Waals surface area contributed by atoms with Gasteiger partial charge in [-0.05, 0) is 28.9 Å². The van der Waals surface area contributed by atoms with Crippen molar-refractivity contribution in [3.8, 4) is 0 Å². The molecule has 2 heterocycles. The zero-order valence-electron chi connectivity index (χ0n) is 11.6. The molecule has 0 amide bonds. The molecule has 2 aromatic rings. The topological polar surface area (TPSA) is 37.8 Å². The van der Waals surface area contributed by atoms with E-state index in [9.17, 15) is 0 Å². The molecule has 0 aliphatic heterocycles. The number of nitrogens with zero attached hydrogens (tertiary/aromatic N) is 2. The summed E-state index contributed by atoms with van der Waals surface area (Å²) in [5, 5.41) is 6.67. The second kappa shape index (κ2) is 5.59. The summed E-state index contributed by atoms with van der Waals surface area (Å²) in [4.78, 5) is 8.87. The highest BCUT2D eigenvalue weighted by molar-refractivity contribution is 9.10. The van der Waals surface area contributed by atoms with Gasteiger partial charge in [0.05, 0.1) is 23.6 Å². The lowest BCUT2D eigenvalue weighted by molar-refractivity contribution is 0.569. The van der Waals surface area contributed by atoms with Crippen LogP contribution in [0.2, 0.25) is 0 Å². The van der Waals surface area contributed by atoms with E-state index in [1.54, 1.807) is 17.5 Å². The Kier molecular flexibility index (Phi) is 4.26. The van der Waals surface area contributed by atoms with Crippen LogP contribution in [0.5, 0.6) is 0 Å². The summed E-state index contributed by atoms with van der Waals surface area (Å²) in [6.45, 7) is 8.67. The van der Waals surface area contributed by atoms with Crippen LogP contribution in [0.4, 0.5) is 5.69 Å². The van der Waals surface area contributed by atoms with Gasteiger partial charge in [0.15, 0.2) is 0 Å². The predicted molar refractivity (Wildman–Crippen MR) is 84.8 cm³/mol. The van der Waals surface area contributed by atoms with Crippen LogP contribution in [-0.4, -0.2) is 9.97 Å². The summed E-state index contributed by atoms with van der Waals surface area (Å²) in [6.07, 6.45) is 3.59. The molecule has 0 spiro atoms. The minimum atomic E-state index is 0.103. The van der Waals surface area contributed by atoms with E-state index in [0.717, 1.165) is 20.9 Å². The number of nitrogens with one attached hydrogen (secondary N) is 1. The molecule has 0 fully saturated rings. The minimum absolute atomic E-state index is 0.103. The van der Waals surface area contributed by atoms with Gasteiger partial charge in [-0.3, -0.25) is 4.98 Å². The molecule has 1 atom stereocenters. The number of anilines is 1. The average molecular weight is 340 g/mol. The number of rotatable bonds is 3. The third-order valence-corrected chi connectivity index (χ3v) is 4.21. The largest absolute Gasteiger partial charge is 0.375 e. The van der Waals surface area contributed by atoms with Gasteiger partial charge in [-0.15, -0.1) is 11.3 Å². The van der Waals surface area contributed by atoms with Gasteiger partial charge in [-0.2, -0.15) is 0 Å². The normalized spacial score (nSPS) is 13.3. The van der Waals surface area contributed by atoms with Gasteiger partial charge >= 0.3 is 0 Å². The van der Waals surface area contributed by atoms with Crippen molar-refractivity contribution in [2.45, 2.75) is 39.2 Å². The lowest BCUT2D eigenvalue weighted by atomic mass is 9.93. The molecule has 0 aromatic carbocycles. The molecule has 0 bridgehead atoms. The fourth-order valence-electron chi connectivity index (χ4n) is 1.63. The zero-order chi connectivity index (χ0) is 14.0. The van der Waals surface area contributed by atoms with E-state index in [2.05, 4.69) is 59.3 Å². The fourth-order valence-corrected chi connectivity index (χ4v) is 3.05. The van der Waals surface area contributed by atoms with E-state index in [-0.39, 0.29) is 11.5 Å². The first-order chi connectivity index (χ1) is 8.86. The van der Waals surface area contributed by atoms with E-state index in [4.69, 9.17) is 4.98 Å². The Morgan fingerprint density at radius 3 is 2.63 bits per heavy atom. The Morgan fingerprint density at radius 2 is 2.05 bits per heavy atom. The molecule has 2 rings (SSSR count). The first-order valence-electron chi connectivity index (χ1n) is 6.19. The summed E-state index contributed by atoms with van der Waals surface area (Å²) >= 11 is 5.13. The van der Waals surface area contributed by atoms with E-state index in [1.807, 2.05) is 12.3 Å². The second-order valence-electron chi connectivity index (χ2n) is 5.58. The Morgan fingerprint density at radius 1 is 1.32 bits per heavy atom. The van der Waals surface area contributed by atoms with E-state index >= 15 is 0 Å². The SMILES string of the molecule is CC(Nc1cncc(Br)c1)c1nc(C(C)(C)C)cs1. The number of halogens is 1. The number of aromatic nitrogens is 2. The summed E-state index contributed by atoms with van der Waals surface area (Å²) < 4.78 is 0.971. The summed E-state index contributed by atoms with van der Waals surface area (Å²) in [5.74, 6) is 0. The van der Waals surface area contributed by atoms with E-state index < -0.39 is 0 Å². The van der Waals surface area contributed by atoms with Crippen LogP contribution >= 0.6 is 27.3 Å². The lowest BCUT2D eigenvalue weighted by Crippen LogP contribution is -2.13. The molecule has 0 radical (unpaired) electrons. The second-order valence-corrected chi connectivity index (χ2v) is 7.38. The van der Waals surface area contributed by atoms with Crippen molar-refractivity contribution in [1.82, 2.24) is 9.97 Å². The molecule has 0 saturated carbocycles. The Bertz CT molecular complexity index is 560. The van der Waals surface area contributed by atoms with Gasteiger partial charge in [0.1, 0.15) is 5.01 Å². The highest BCUT2D eigenvalue weighted by atomic mass is 79.9. The van der Waals surface area contributed by atoms with Crippen LogP contribution in [0, 0.1) is 0 Å². The average Bonchev–Trinajstić information content (AvgIpc) is 2.77. The van der Waals surface area contributed by atoms with Crippen molar-refractivity contribution in [2.24, 2.45) is 0 Å². The summed E-state index contributed by atoms with van der Waals surface area (Å²) in [7, 11) is 0. The maximum absolute atomic E-state index is 4.72. The van der Waals surface area contributed by atoms with Gasteiger partial charge < -0.3 is 5.32 Å². The molecular formula is C14H18BrN3S. The molecule has 0 aliphatic carbocycles. The van der Waals surface area contributed by atoms with Crippen molar-refractivity contribution in [3.63, 3.8) is 0 Å². The van der Waals surface area contributed by atoms with Crippen LogP contribution < -0.4 is 5.32 Å². The highest BCUT2D eigenvalue weighted by Gasteiger charge is 2.19. The summed E-state index contributed by atoms with van der Waals surface area (Å²) in [6, 6.07) is 2.19. The Hall–Kier alpha value is -0.940. The maximum Gasteiger partial charge on any atom is 0.115 e. The Labute approximate surface area is 126 Å². The number of hydrogen-bond donors (Lipinski definition) is 1. The van der Waals surface area contributed by atoms with Gasteiger partial charge in [0.2, 0.25) is 0 Å².